The van der Waals surface area contributed by atoms with E-state index in [4.69, 9.17) is 14.2 Å². The third kappa shape index (κ3) is 7.19. The van der Waals surface area contributed by atoms with Crippen LogP contribution in [0.3, 0.4) is 0 Å². The second-order valence-corrected chi connectivity index (χ2v) is 13.6. The van der Waals surface area contributed by atoms with Crippen molar-refractivity contribution >= 4 is 23.7 Å². The summed E-state index contributed by atoms with van der Waals surface area (Å²) in [7, 11) is 0. The van der Waals surface area contributed by atoms with E-state index in [0.29, 0.717) is 70.6 Å². The van der Waals surface area contributed by atoms with Crippen LogP contribution in [-0.2, 0) is 22.4 Å². The van der Waals surface area contributed by atoms with E-state index in [9.17, 15) is 14.4 Å². The summed E-state index contributed by atoms with van der Waals surface area (Å²) < 4.78 is 17.8. The predicted octanol–water partition coefficient (Wildman–Crippen LogP) is 3.26. The number of piperidine rings is 2. The Hall–Kier alpha value is -4.03. The Morgan fingerprint density at radius 2 is 1.65 bits per heavy atom. The van der Waals surface area contributed by atoms with Crippen molar-refractivity contribution in [3.8, 4) is 11.5 Å². The van der Waals surface area contributed by atoms with Crippen molar-refractivity contribution in [3.63, 3.8) is 0 Å². The van der Waals surface area contributed by atoms with Gasteiger partial charge in [-0.3, -0.25) is 9.69 Å². The van der Waals surface area contributed by atoms with Gasteiger partial charge >= 0.3 is 12.1 Å². The molecule has 12 nitrogen and oxygen atoms in total. The Bertz CT molecular complexity index is 1480. The second-order valence-electron chi connectivity index (χ2n) is 13.6. The zero-order chi connectivity index (χ0) is 33.0. The summed E-state index contributed by atoms with van der Waals surface area (Å²) in [6, 6.07) is 12.3. The van der Waals surface area contributed by atoms with Crippen LogP contribution in [-0.4, -0.2) is 128 Å². The standard InChI is InChI=1S/C36H48N6O6/c1-25-22-26(23-31-33(25)47-21-20-46-31)24-32(34(43)40-18-16-39(17-19-40)28-6-11-37-12-7-28)48-36(45)41-13-9-29(10-14-41)42-15-8-27-4-2-3-5-30(27)38-35(42)44/h2-5,22-23,28-29,32,37H,6-21,24H2,1H3,(H,38,44)/t32-/m1/s1. The first-order valence-electron chi connectivity index (χ1n) is 17.7. The van der Waals surface area contributed by atoms with Crippen molar-refractivity contribution in [2.75, 3.05) is 77.4 Å². The molecule has 5 aliphatic heterocycles. The Labute approximate surface area is 282 Å². The number of para-hydroxylation sites is 1. The Morgan fingerprint density at radius 3 is 2.44 bits per heavy atom. The molecule has 2 N–H and O–H groups in total. The van der Waals surface area contributed by atoms with Crippen LogP contribution in [0.1, 0.15) is 42.4 Å². The quantitative estimate of drug-likeness (QED) is 0.486. The predicted molar refractivity (Wildman–Crippen MR) is 181 cm³/mol. The van der Waals surface area contributed by atoms with Gasteiger partial charge in [-0.2, -0.15) is 0 Å². The molecule has 0 bridgehead atoms. The molecule has 0 radical (unpaired) electrons. The normalized spacial score (nSPS) is 21.6. The smallest absolute Gasteiger partial charge is 0.410 e. The lowest BCUT2D eigenvalue weighted by atomic mass is 10.0. The first-order valence-corrected chi connectivity index (χ1v) is 17.7. The SMILES string of the molecule is Cc1cc(C[C@@H](OC(=O)N2CCC(N3CCc4ccccc4NC3=O)CC2)C(=O)N2CCN(C3CCNCC3)CC2)cc2c1OCCO2. The zero-order valence-electron chi connectivity index (χ0n) is 28.0. The van der Waals surface area contributed by atoms with Gasteiger partial charge < -0.3 is 39.5 Å². The summed E-state index contributed by atoms with van der Waals surface area (Å²) in [5, 5.41) is 6.49. The van der Waals surface area contributed by atoms with Crippen LogP contribution in [0.25, 0.3) is 0 Å². The molecule has 48 heavy (non-hydrogen) atoms. The molecule has 3 saturated heterocycles. The molecule has 0 aromatic heterocycles. The van der Waals surface area contributed by atoms with Gasteiger partial charge in [-0.25, -0.2) is 9.59 Å². The summed E-state index contributed by atoms with van der Waals surface area (Å²) in [6.07, 6.45) is 3.15. The van der Waals surface area contributed by atoms with E-state index in [0.717, 1.165) is 73.6 Å². The maximum absolute atomic E-state index is 14.1. The lowest BCUT2D eigenvalue weighted by Crippen LogP contribution is -2.56. The second kappa shape index (κ2) is 14.6. The number of carbonyl (C=O) groups excluding carboxylic acids is 3. The molecule has 0 aliphatic carbocycles. The number of amides is 4. The number of nitrogens with zero attached hydrogens (tertiary/aromatic N) is 4. The van der Waals surface area contributed by atoms with Crippen LogP contribution in [0, 0.1) is 6.92 Å². The number of nitrogens with one attached hydrogen (secondary N) is 2. The van der Waals surface area contributed by atoms with Crippen molar-refractivity contribution in [1.82, 2.24) is 24.9 Å². The van der Waals surface area contributed by atoms with Gasteiger partial charge in [-0.15, -0.1) is 0 Å². The largest absolute Gasteiger partial charge is 0.486 e. The van der Waals surface area contributed by atoms with E-state index >= 15 is 0 Å². The summed E-state index contributed by atoms with van der Waals surface area (Å²) >= 11 is 0. The third-order valence-corrected chi connectivity index (χ3v) is 10.6. The van der Waals surface area contributed by atoms with Crippen LogP contribution in [0.5, 0.6) is 11.5 Å². The van der Waals surface area contributed by atoms with Gasteiger partial charge in [0.1, 0.15) is 13.2 Å². The maximum Gasteiger partial charge on any atom is 0.410 e. The summed E-state index contributed by atoms with van der Waals surface area (Å²) in [5.41, 5.74) is 3.79. The number of urea groups is 1. The number of likely N-dealkylation sites (tertiary alicyclic amines) is 1. The molecule has 0 saturated carbocycles. The fourth-order valence-corrected chi connectivity index (χ4v) is 7.89. The highest BCUT2D eigenvalue weighted by molar-refractivity contribution is 5.91. The minimum absolute atomic E-state index is 0.0257. The Morgan fingerprint density at radius 1 is 0.896 bits per heavy atom. The van der Waals surface area contributed by atoms with E-state index in [1.807, 2.05) is 47.1 Å². The van der Waals surface area contributed by atoms with Gasteiger partial charge in [0.2, 0.25) is 0 Å². The molecule has 0 unspecified atom stereocenters. The summed E-state index contributed by atoms with van der Waals surface area (Å²) in [6.45, 7) is 9.43. The number of ether oxygens (including phenoxy) is 3. The molecule has 4 amide bonds. The first-order chi connectivity index (χ1) is 23.4. The molecule has 12 heteroatoms. The van der Waals surface area contributed by atoms with Gasteiger partial charge in [0.25, 0.3) is 5.91 Å². The summed E-state index contributed by atoms with van der Waals surface area (Å²) in [4.78, 5) is 48.8. The van der Waals surface area contributed by atoms with Crippen LogP contribution < -0.4 is 20.1 Å². The molecule has 2 aromatic carbocycles. The maximum atomic E-state index is 14.1. The number of benzene rings is 2. The summed E-state index contributed by atoms with van der Waals surface area (Å²) in [5.74, 6) is 1.23. The van der Waals surface area contributed by atoms with Crippen molar-refractivity contribution < 1.29 is 28.6 Å². The molecule has 7 rings (SSSR count). The van der Waals surface area contributed by atoms with E-state index in [2.05, 4.69) is 21.6 Å². The number of rotatable bonds is 6. The number of anilines is 1. The fraction of sp³-hybridized carbons (Fsp3) is 0.583. The Kier molecular flexibility index (Phi) is 9.90. The van der Waals surface area contributed by atoms with Crippen LogP contribution >= 0.6 is 0 Å². The van der Waals surface area contributed by atoms with E-state index in [-0.39, 0.29) is 24.4 Å². The molecule has 3 fully saturated rings. The molecule has 2 aromatic rings. The van der Waals surface area contributed by atoms with Crippen molar-refractivity contribution in [2.24, 2.45) is 0 Å². The van der Waals surface area contributed by atoms with Gasteiger partial charge in [-0.05, 0) is 80.9 Å². The minimum Gasteiger partial charge on any atom is -0.486 e. The van der Waals surface area contributed by atoms with Crippen LogP contribution in [0.15, 0.2) is 36.4 Å². The number of aryl methyl sites for hydroxylation is 1. The van der Waals surface area contributed by atoms with Crippen LogP contribution in [0.2, 0.25) is 0 Å². The monoisotopic (exact) mass is 660 g/mol. The van der Waals surface area contributed by atoms with Gasteiger partial charge in [0.15, 0.2) is 17.6 Å². The molecular weight excluding hydrogens is 612 g/mol. The number of hydrogen-bond donors (Lipinski definition) is 2. The van der Waals surface area contributed by atoms with E-state index < -0.39 is 12.2 Å². The number of carbonyl (C=O) groups is 3. The van der Waals surface area contributed by atoms with E-state index in [1.54, 1.807) is 4.90 Å². The lowest BCUT2D eigenvalue weighted by Gasteiger charge is -2.41. The topological polar surface area (TPSA) is 116 Å². The zero-order valence-corrected chi connectivity index (χ0v) is 28.0. The number of hydrogen-bond acceptors (Lipinski definition) is 8. The number of fused-ring (bicyclic) bond motifs is 2. The highest BCUT2D eigenvalue weighted by Crippen LogP contribution is 2.35. The first kappa shape index (κ1) is 32.5. The minimum atomic E-state index is -0.961. The highest BCUT2D eigenvalue weighted by atomic mass is 16.6. The molecule has 5 aliphatic rings. The highest BCUT2D eigenvalue weighted by Gasteiger charge is 2.36. The van der Waals surface area contributed by atoms with Crippen LogP contribution in [0.4, 0.5) is 15.3 Å². The van der Waals surface area contributed by atoms with E-state index in [1.165, 1.54) is 0 Å². The van der Waals surface area contributed by atoms with Crippen molar-refractivity contribution in [2.45, 2.75) is 63.6 Å². The van der Waals surface area contributed by atoms with Gasteiger partial charge in [-0.1, -0.05) is 24.3 Å². The third-order valence-electron chi connectivity index (χ3n) is 10.6. The Balaban J connectivity index is 1.00. The molecule has 5 heterocycles. The average molecular weight is 661 g/mol. The molecular formula is C36H48N6O6. The molecule has 258 valence electrons. The molecule has 1 atom stereocenters. The lowest BCUT2D eigenvalue weighted by molar-refractivity contribution is -0.143. The fourth-order valence-electron chi connectivity index (χ4n) is 7.89. The average Bonchev–Trinajstić information content (AvgIpc) is 3.29. The molecule has 0 spiro atoms. The van der Waals surface area contributed by atoms with Gasteiger partial charge in [0.05, 0.1) is 0 Å². The van der Waals surface area contributed by atoms with Crippen molar-refractivity contribution in [1.29, 1.82) is 0 Å². The van der Waals surface area contributed by atoms with Crippen molar-refractivity contribution in [3.05, 3.63) is 53.1 Å². The van der Waals surface area contributed by atoms with Gasteiger partial charge in [0, 0.05) is 70.0 Å². The number of piperazine rings is 1.